The molecule has 0 aliphatic carbocycles. The molecule has 2 rings (SSSR count). The van der Waals surface area contributed by atoms with Gasteiger partial charge in [-0.25, -0.2) is 4.57 Å². The van der Waals surface area contributed by atoms with Crippen LogP contribution in [-0.2, 0) is 11.3 Å². The average Bonchev–Trinajstić information content (AvgIpc) is 2.68. The first-order valence-electron chi connectivity index (χ1n) is 9.48. The quantitative estimate of drug-likeness (QED) is 0.714. The van der Waals surface area contributed by atoms with Crippen LogP contribution in [0.3, 0.4) is 0 Å². The molecule has 0 amide bonds. The van der Waals surface area contributed by atoms with Gasteiger partial charge in [0, 0.05) is 24.5 Å². The number of carbonyl (C=O) groups is 1. The van der Waals surface area contributed by atoms with Gasteiger partial charge in [-0.2, -0.15) is 0 Å². The third kappa shape index (κ3) is 7.34. The lowest BCUT2D eigenvalue weighted by molar-refractivity contribution is -0.701. The summed E-state index contributed by atoms with van der Waals surface area (Å²) in [6, 6.07) is 8.26. The van der Waals surface area contributed by atoms with Crippen LogP contribution in [0.4, 0.5) is 0 Å². The number of carboxylic acids is 1. The van der Waals surface area contributed by atoms with Crippen LogP contribution in [-0.4, -0.2) is 11.0 Å². The van der Waals surface area contributed by atoms with Crippen molar-refractivity contribution in [2.24, 2.45) is 5.92 Å². The highest BCUT2D eigenvalue weighted by atomic mass is 16.4. The van der Waals surface area contributed by atoms with Crippen LogP contribution in [0.5, 0.6) is 0 Å². The van der Waals surface area contributed by atoms with E-state index in [0.717, 1.165) is 6.42 Å². The number of pyridine rings is 2. The Kier molecular flexibility index (Phi) is 9.56. The lowest BCUT2D eigenvalue weighted by Gasteiger charge is -2.10. The summed E-state index contributed by atoms with van der Waals surface area (Å²) in [5.41, 5.74) is 2.68. The summed E-state index contributed by atoms with van der Waals surface area (Å²) < 4.78 is 1.88. The molecule has 0 saturated heterocycles. The Bertz CT molecular complexity index is 641. The minimum absolute atomic E-state index is 0.459. The van der Waals surface area contributed by atoms with Crippen LogP contribution in [0, 0.1) is 5.92 Å². The predicted octanol–water partition coefficient (Wildman–Crippen LogP) is 3.47. The zero-order chi connectivity index (χ0) is 19.5. The number of carboxylic acid groups (broad SMARTS) is 1. The van der Waals surface area contributed by atoms with E-state index in [2.05, 4.69) is 56.9 Å². The first-order valence-corrected chi connectivity index (χ1v) is 9.48. The second kappa shape index (κ2) is 11.4. The Labute approximate surface area is 157 Å². The van der Waals surface area contributed by atoms with E-state index in [9.17, 15) is 9.90 Å². The van der Waals surface area contributed by atoms with Gasteiger partial charge in [0.05, 0.1) is 11.9 Å². The minimum Gasteiger partial charge on any atom is -0.550 e. The fraction of sp³-hybridized carbons (Fsp3) is 0.500. The molecule has 0 fully saturated rings. The molecular formula is C22H32N2O2. The van der Waals surface area contributed by atoms with Crippen molar-refractivity contribution in [3.8, 4) is 0 Å². The third-order valence-electron chi connectivity index (χ3n) is 4.87. The normalized spacial score (nSPS) is 13.9. The van der Waals surface area contributed by atoms with Gasteiger partial charge in [0.25, 0.3) is 0 Å². The summed E-state index contributed by atoms with van der Waals surface area (Å²) in [5.74, 6) is -0.242. The Balaban J connectivity index is 0.000000289. The van der Waals surface area contributed by atoms with Gasteiger partial charge in [-0.05, 0) is 47.9 Å². The first kappa shape index (κ1) is 21.8. The molecule has 0 radical (unpaired) electrons. The number of carbonyl (C=O) groups excluding carboxylic acids is 1. The molecule has 0 N–H and O–H groups in total. The molecule has 2 aromatic heterocycles. The zero-order valence-electron chi connectivity index (χ0n) is 16.7. The van der Waals surface area contributed by atoms with Gasteiger partial charge >= 0.3 is 0 Å². The van der Waals surface area contributed by atoms with E-state index in [1.165, 1.54) is 17.5 Å². The van der Waals surface area contributed by atoms with Crippen LogP contribution in [0.1, 0.15) is 70.4 Å². The first-order chi connectivity index (χ1) is 12.4. The van der Waals surface area contributed by atoms with Gasteiger partial charge in [0.2, 0.25) is 0 Å². The molecule has 2 heterocycles. The van der Waals surface area contributed by atoms with Gasteiger partial charge in [0.15, 0.2) is 18.9 Å². The van der Waals surface area contributed by atoms with Gasteiger partial charge < -0.3 is 9.90 Å². The zero-order valence-corrected chi connectivity index (χ0v) is 16.7. The van der Waals surface area contributed by atoms with E-state index in [1.807, 2.05) is 29.4 Å². The van der Waals surface area contributed by atoms with Crippen LogP contribution >= 0.6 is 0 Å². The molecule has 0 aliphatic rings. The van der Waals surface area contributed by atoms with Crippen LogP contribution in [0.15, 0.2) is 49.1 Å². The molecule has 142 valence electrons. The van der Waals surface area contributed by atoms with E-state index in [4.69, 9.17) is 0 Å². The van der Waals surface area contributed by atoms with E-state index in [1.54, 1.807) is 6.92 Å². The Morgan fingerprint density at radius 1 is 0.962 bits per heavy atom. The second-order valence-electron chi connectivity index (χ2n) is 6.95. The molecule has 2 aromatic rings. The lowest BCUT2D eigenvalue weighted by Crippen LogP contribution is -2.42. The molecule has 3 atom stereocenters. The van der Waals surface area contributed by atoms with Crippen molar-refractivity contribution in [2.75, 3.05) is 0 Å². The Hall–Kier alpha value is -2.23. The van der Waals surface area contributed by atoms with Crippen LogP contribution in [0.2, 0.25) is 0 Å². The van der Waals surface area contributed by atoms with Crippen molar-refractivity contribution >= 4 is 5.97 Å². The van der Waals surface area contributed by atoms with E-state index in [0.29, 0.717) is 18.4 Å². The topological polar surface area (TPSA) is 56.9 Å². The molecule has 3 unspecified atom stereocenters. The molecule has 0 bridgehead atoms. The van der Waals surface area contributed by atoms with Crippen molar-refractivity contribution < 1.29 is 14.5 Å². The number of rotatable bonds is 7. The van der Waals surface area contributed by atoms with E-state index in [-0.39, 0.29) is 0 Å². The van der Waals surface area contributed by atoms with Gasteiger partial charge in [0.1, 0.15) is 0 Å². The molecule has 4 heteroatoms. The van der Waals surface area contributed by atoms with Crippen molar-refractivity contribution in [3.63, 3.8) is 0 Å². The van der Waals surface area contributed by atoms with Crippen molar-refractivity contribution in [3.05, 3.63) is 60.2 Å². The Morgan fingerprint density at radius 2 is 1.42 bits per heavy atom. The highest BCUT2D eigenvalue weighted by Gasteiger charge is 2.11. The van der Waals surface area contributed by atoms with E-state index < -0.39 is 11.9 Å². The van der Waals surface area contributed by atoms with Crippen LogP contribution < -0.4 is 9.67 Å². The number of aromatic nitrogens is 2. The summed E-state index contributed by atoms with van der Waals surface area (Å²) >= 11 is 0. The van der Waals surface area contributed by atoms with Crippen LogP contribution in [0.25, 0.3) is 0 Å². The summed E-state index contributed by atoms with van der Waals surface area (Å²) in [5, 5.41) is 10.6. The molecule has 0 aliphatic heterocycles. The standard InChI is InChI=1S/C13H19NO2.C9H13N/c1-4-10(2)12-5-7-14(8-6-12)9-11(3)13(15)16;1-3-8(2)9-4-6-10-7-5-9/h5-8,10-11H,4,9H2,1-3H3;4-8H,3H2,1-2H3. The molecule has 0 spiro atoms. The minimum atomic E-state index is -1.00. The SMILES string of the molecule is CCC(C)c1cc[n+](CC(C)C(=O)[O-])cc1.CCC(C)c1ccncc1. The van der Waals surface area contributed by atoms with Gasteiger partial charge in [-0.3, -0.25) is 4.98 Å². The summed E-state index contributed by atoms with van der Waals surface area (Å²) in [6.45, 7) is 10.9. The largest absolute Gasteiger partial charge is 0.550 e. The number of nitrogens with zero attached hydrogens (tertiary/aromatic N) is 2. The third-order valence-corrected chi connectivity index (χ3v) is 4.87. The van der Waals surface area contributed by atoms with Gasteiger partial charge in [-0.1, -0.05) is 34.6 Å². The fourth-order valence-corrected chi connectivity index (χ4v) is 2.47. The van der Waals surface area contributed by atoms with Crippen molar-refractivity contribution in [1.82, 2.24) is 4.98 Å². The highest BCUT2D eigenvalue weighted by molar-refractivity contribution is 5.66. The Morgan fingerprint density at radius 3 is 1.85 bits per heavy atom. The molecule has 4 nitrogen and oxygen atoms in total. The summed E-state index contributed by atoms with van der Waals surface area (Å²) in [6.07, 6.45) is 9.87. The predicted molar refractivity (Wildman–Crippen MR) is 102 cm³/mol. The van der Waals surface area contributed by atoms with Crippen molar-refractivity contribution in [2.45, 2.75) is 65.8 Å². The lowest BCUT2D eigenvalue weighted by atomic mass is 10.0. The molecule has 26 heavy (non-hydrogen) atoms. The molecule has 0 saturated carbocycles. The summed E-state index contributed by atoms with van der Waals surface area (Å²) in [4.78, 5) is 14.6. The van der Waals surface area contributed by atoms with Gasteiger partial charge in [-0.15, -0.1) is 0 Å². The maximum Gasteiger partial charge on any atom is 0.169 e. The average molecular weight is 357 g/mol. The van der Waals surface area contributed by atoms with E-state index >= 15 is 0 Å². The monoisotopic (exact) mass is 356 g/mol. The number of hydrogen-bond donors (Lipinski definition) is 0. The maximum atomic E-state index is 10.6. The fourth-order valence-electron chi connectivity index (χ4n) is 2.47. The van der Waals surface area contributed by atoms with Crippen molar-refractivity contribution in [1.29, 1.82) is 0 Å². The molecular weight excluding hydrogens is 324 g/mol. The second-order valence-corrected chi connectivity index (χ2v) is 6.95. The maximum absolute atomic E-state index is 10.6. The highest BCUT2D eigenvalue weighted by Crippen LogP contribution is 2.17. The smallest absolute Gasteiger partial charge is 0.169 e. The summed E-state index contributed by atoms with van der Waals surface area (Å²) in [7, 11) is 0. The molecule has 0 aromatic carbocycles. The number of hydrogen-bond acceptors (Lipinski definition) is 3. The number of aliphatic carboxylic acids is 1.